The van der Waals surface area contributed by atoms with Gasteiger partial charge in [0, 0.05) is 6.04 Å². The average Bonchev–Trinajstić information content (AvgIpc) is 2.47. The molecular formula is C14H20N2O3S. The molecule has 2 aliphatic rings. The summed E-state index contributed by atoms with van der Waals surface area (Å²) in [6.45, 7) is 2.45. The largest absolute Gasteiger partial charge is 0.493 e. The van der Waals surface area contributed by atoms with Crippen LogP contribution in [-0.4, -0.2) is 34.2 Å². The van der Waals surface area contributed by atoms with E-state index in [1.165, 1.54) is 0 Å². The van der Waals surface area contributed by atoms with E-state index in [2.05, 4.69) is 10.0 Å². The van der Waals surface area contributed by atoms with E-state index in [9.17, 15) is 8.42 Å². The van der Waals surface area contributed by atoms with Gasteiger partial charge in [0.15, 0.2) is 0 Å². The van der Waals surface area contributed by atoms with Crippen molar-refractivity contribution in [3.8, 4) is 5.75 Å². The van der Waals surface area contributed by atoms with Crippen LogP contribution in [0.1, 0.15) is 24.8 Å². The molecule has 0 radical (unpaired) electrons. The fourth-order valence-corrected chi connectivity index (χ4v) is 4.09. The lowest BCUT2D eigenvalue weighted by atomic mass is 10.1. The maximum Gasteiger partial charge on any atom is 0.240 e. The predicted octanol–water partition coefficient (Wildman–Crippen LogP) is 1.04. The summed E-state index contributed by atoms with van der Waals surface area (Å²) in [5.74, 6) is 0.817. The van der Waals surface area contributed by atoms with Gasteiger partial charge in [0.1, 0.15) is 5.75 Å². The molecule has 0 bridgehead atoms. The number of piperidine rings is 1. The second-order valence-corrected chi connectivity index (χ2v) is 7.08. The summed E-state index contributed by atoms with van der Waals surface area (Å²) < 4.78 is 33.2. The average molecular weight is 296 g/mol. The zero-order valence-electron chi connectivity index (χ0n) is 11.4. The number of fused-ring (bicyclic) bond motifs is 1. The summed E-state index contributed by atoms with van der Waals surface area (Å²) in [6, 6.07) is 5.19. The Labute approximate surface area is 119 Å². The molecule has 0 atom stereocenters. The number of hydrogen-bond acceptors (Lipinski definition) is 4. The molecule has 0 unspecified atom stereocenters. The van der Waals surface area contributed by atoms with Gasteiger partial charge in [-0.05, 0) is 62.5 Å². The zero-order valence-corrected chi connectivity index (χ0v) is 12.2. The zero-order chi connectivity index (χ0) is 14.0. The highest BCUT2D eigenvalue weighted by molar-refractivity contribution is 7.89. The summed E-state index contributed by atoms with van der Waals surface area (Å²) in [4.78, 5) is 0.347. The molecule has 0 amide bonds. The van der Waals surface area contributed by atoms with Crippen LogP contribution in [0.25, 0.3) is 0 Å². The molecule has 3 rings (SSSR count). The number of aryl methyl sites for hydroxylation is 1. The van der Waals surface area contributed by atoms with Crippen molar-refractivity contribution in [2.75, 3.05) is 19.7 Å². The Hall–Kier alpha value is -1.11. The molecule has 0 aromatic heterocycles. The highest BCUT2D eigenvalue weighted by Gasteiger charge is 2.23. The molecule has 1 aromatic carbocycles. The van der Waals surface area contributed by atoms with Crippen LogP contribution < -0.4 is 14.8 Å². The Morgan fingerprint density at radius 3 is 2.85 bits per heavy atom. The van der Waals surface area contributed by atoms with Gasteiger partial charge < -0.3 is 10.1 Å². The van der Waals surface area contributed by atoms with E-state index in [1.807, 2.05) is 0 Å². The van der Waals surface area contributed by atoms with Crippen molar-refractivity contribution < 1.29 is 13.2 Å². The van der Waals surface area contributed by atoms with Crippen LogP contribution in [0.2, 0.25) is 0 Å². The van der Waals surface area contributed by atoms with Gasteiger partial charge in [-0.2, -0.15) is 0 Å². The topological polar surface area (TPSA) is 67.4 Å². The highest BCUT2D eigenvalue weighted by Crippen LogP contribution is 2.27. The van der Waals surface area contributed by atoms with Gasteiger partial charge in [-0.15, -0.1) is 0 Å². The smallest absolute Gasteiger partial charge is 0.240 e. The van der Waals surface area contributed by atoms with Crippen LogP contribution in [0.3, 0.4) is 0 Å². The number of benzene rings is 1. The van der Waals surface area contributed by atoms with E-state index >= 15 is 0 Å². The summed E-state index contributed by atoms with van der Waals surface area (Å²) in [7, 11) is -3.43. The van der Waals surface area contributed by atoms with Gasteiger partial charge in [0.2, 0.25) is 10.0 Å². The van der Waals surface area contributed by atoms with E-state index < -0.39 is 10.0 Å². The van der Waals surface area contributed by atoms with Gasteiger partial charge in [-0.3, -0.25) is 0 Å². The fourth-order valence-electron chi connectivity index (χ4n) is 2.73. The number of sulfonamides is 1. The lowest BCUT2D eigenvalue weighted by Crippen LogP contribution is -2.42. The molecule has 2 heterocycles. The minimum absolute atomic E-state index is 0.0357. The van der Waals surface area contributed by atoms with Crippen LogP contribution in [-0.2, 0) is 16.4 Å². The normalized spacial score (nSPS) is 20.2. The van der Waals surface area contributed by atoms with E-state index in [4.69, 9.17) is 4.74 Å². The van der Waals surface area contributed by atoms with Gasteiger partial charge in [0.05, 0.1) is 11.5 Å². The molecule has 6 heteroatoms. The van der Waals surface area contributed by atoms with Crippen molar-refractivity contribution in [1.82, 2.24) is 10.0 Å². The van der Waals surface area contributed by atoms with Crippen LogP contribution in [0.5, 0.6) is 5.75 Å². The SMILES string of the molecule is O=S(=O)(NC1CCNCC1)c1ccc2c(c1)CCCO2. The Kier molecular flexibility index (Phi) is 3.96. The molecule has 1 aromatic rings. The van der Waals surface area contributed by atoms with Crippen LogP contribution >= 0.6 is 0 Å². The molecule has 5 nitrogen and oxygen atoms in total. The monoisotopic (exact) mass is 296 g/mol. The van der Waals surface area contributed by atoms with Gasteiger partial charge >= 0.3 is 0 Å². The number of nitrogens with one attached hydrogen (secondary N) is 2. The summed E-state index contributed by atoms with van der Waals surface area (Å²) in [5.41, 5.74) is 0.990. The standard InChI is InChI=1S/C14H20N2O3S/c17-20(18,16-12-5-7-15-8-6-12)13-3-4-14-11(10-13)2-1-9-19-14/h3-4,10,12,15-16H,1-2,5-9H2. The molecule has 0 saturated carbocycles. The molecule has 1 fully saturated rings. The summed E-state index contributed by atoms with van der Waals surface area (Å²) in [6.07, 6.45) is 3.50. The van der Waals surface area contributed by atoms with Crippen molar-refractivity contribution in [2.24, 2.45) is 0 Å². The first kappa shape index (κ1) is 13.9. The lowest BCUT2D eigenvalue weighted by molar-refractivity contribution is 0.288. The number of hydrogen-bond donors (Lipinski definition) is 2. The highest BCUT2D eigenvalue weighted by atomic mass is 32.2. The number of rotatable bonds is 3. The second kappa shape index (κ2) is 5.71. The lowest BCUT2D eigenvalue weighted by Gasteiger charge is -2.24. The quantitative estimate of drug-likeness (QED) is 0.874. The molecule has 2 N–H and O–H groups in total. The second-order valence-electron chi connectivity index (χ2n) is 5.37. The Morgan fingerprint density at radius 1 is 1.25 bits per heavy atom. The third-order valence-corrected chi connectivity index (χ3v) is 5.37. The first-order valence-electron chi connectivity index (χ1n) is 7.14. The third kappa shape index (κ3) is 2.97. The van der Waals surface area contributed by atoms with Crippen molar-refractivity contribution >= 4 is 10.0 Å². The summed E-state index contributed by atoms with van der Waals surface area (Å²) in [5, 5.41) is 3.23. The third-order valence-electron chi connectivity index (χ3n) is 3.85. The van der Waals surface area contributed by atoms with E-state index in [1.54, 1.807) is 18.2 Å². The fraction of sp³-hybridized carbons (Fsp3) is 0.571. The van der Waals surface area contributed by atoms with E-state index in [-0.39, 0.29) is 6.04 Å². The molecule has 2 aliphatic heterocycles. The molecule has 1 saturated heterocycles. The first-order valence-corrected chi connectivity index (χ1v) is 8.62. The minimum atomic E-state index is -3.43. The van der Waals surface area contributed by atoms with Crippen LogP contribution in [0.4, 0.5) is 0 Å². The Balaban J connectivity index is 1.79. The van der Waals surface area contributed by atoms with Gasteiger partial charge in [-0.25, -0.2) is 13.1 Å². The summed E-state index contributed by atoms with van der Waals surface area (Å²) >= 11 is 0. The minimum Gasteiger partial charge on any atom is -0.493 e. The predicted molar refractivity (Wildman–Crippen MR) is 76.5 cm³/mol. The first-order chi connectivity index (χ1) is 9.65. The molecular weight excluding hydrogens is 276 g/mol. The molecule has 110 valence electrons. The van der Waals surface area contributed by atoms with Crippen molar-refractivity contribution in [2.45, 2.75) is 36.6 Å². The van der Waals surface area contributed by atoms with Gasteiger partial charge in [-0.1, -0.05) is 0 Å². The molecule has 0 spiro atoms. The molecule has 20 heavy (non-hydrogen) atoms. The molecule has 0 aliphatic carbocycles. The van der Waals surface area contributed by atoms with Crippen molar-refractivity contribution in [1.29, 1.82) is 0 Å². The van der Waals surface area contributed by atoms with E-state index in [0.29, 0.717) is 11.5 Å². The van der Waals surface area contributed by atoms with Crippen LogP contribution in [0.15, 0.2) is 23.1 Å². The van der Waals surface area contributed by atoms with Gasteiger partial charge in [0.25, 0.3) is 0 Å². The van der Waals surface area contributed by atoms with Crippen molar-refractivity contribution in [3.63, 3.8) is 0 Å². The van der Waals surface area contributed by atoms with Crippen molar-refractivity contribution in [3.05, 3.63) is 23.8 Å². The number of ether oxygens (including phenoxy) is 1. The maximum atomic E-state index is 12.4. The Morgan fingerprint density at radius 2 is 2.05 bits per heavy atom. The van der Waals surface area contributed by atoms with E-state index in [0.717, 1.165) is 50.1 Å². The Bertz CT molecular complexity index is 580. The maximum absolute atomic E-state index is 12.4. The van der Waals surface area contributed by atoms with Crippen LogP contribution in [0, 0.1) is 0 Å².